The zero-order chi connectivity index (χ0) is 13.1. The Kier molecular flexibility index (Phi) is 3.97. The van der Waals surface area contributed by atoms with E-state index >= 15 is 0 Å². The summed E-state index contributed by atoms with van der Waals surface area (Å²) in [6, 6.07) is 6.64. The first-order valence-corrected chi connectivity index (χ1v) is 6.75. The molecule has 0 saturated heterocycles. The average molecular weight is 253 g/mol. The summed E-state index contributed by atoms with van der Waals surface area (Å²) in [6.45, 7) is 3.29. The van der Waals surface area contributed by atoms with Crippen LogP contribution in [0, 0.1) is 11.3 Å². The lowest BCUT2D eigenvalue weighted by molar-refractivity contribution is 0.597. The minimum absolute atomic E-state index is 0.377. The van der Waals surface area contributed by atoms with Crippen LogP contribution in [0.5, 0.6) is 0 Å². The van der Waals surface area contributed by atoms with Crippen molar-refractivity contribution in [3.8, 4) is 6.07 Å². The molecule has 0 aromatic heterocycles. The molecule has 0 aliphatic carbocycles. The molecule has 3 N–H and O–H groups in total. The fourth-order valence-electron chi connectivity index (χ4n) is 1.30. The number of rotatable bonds is 4. The molecule has 0 amide bonds. The van der Waals surface area contributed by atoms with Crippen molar-refractivity contribution >= 4 is 21.4 Å². The molecular weight excluding hydrogens is 238 g/mol. The van der Waals surface area contributed by atoms with Gasteiger partial charge in [0.15, 0.2) is 5.25 Å². The van der Waals surface area contributed by atoms with E-state index < -0.39 is 15.3 Å². The summed E-state index contributed by atoms with van der Waals surface area (Å²) >= 11 is 0. The standard InChI is InChI=1S/C11H15N3O2S/c1-3-9-4-5-10(6-11(9)13)14-17(15,16)8(2)7-12/h4-6,8,14H,3,13H2,1-2H3. The third-order valence-corrected chi connectivity index (χ3v) is 3.99. The molecule has 1 atom stereocenters. The highest BCUT2D eigenvalue weighted by Crippen LogP contribution is 2.20. The lowest BCUT2D eigenvalue weighted by Gasteiger charge is -2.11. The van der Waals surface area contributed by atoms with E-state index in [1.54, 1.807) is 24.3 Å². The molecule has 17 heavy (non-hydrogen) atoms. The first-order valence-electron chi connectivity index (χ1n) is 5.20. The number of benzene rings is 1. The number of anilines is 2. The molecule has 1 aromatic carbocycles. The molecule has 0 saturated carbocycles. The summed E-state index contributed by atoms with van der Waals surface area (Å²) in [4.78, 5) is 0. The zero-order valence-electron chi connectivity index (χ0n) is 9.77. The molecule has 0 fully saturated rings. The highest BCUT2D eigenvalue weighted by Gasteiger charge is 2.20. The van der Waals surface area contributed by atoms with Crippen LogP contribution in [0.25, 0.3) is 0 Å². The Morgan fingerprint density at radius 2 is 2.18 bits per heavy atom. The molecule has 0 radical (unpaired) electrons. The van der Waals surface area contributed by atoms with Gasteiger partial charge in [0.25, 0.3) is 0 Å². The van der Waals surface area contributed by atoms with Crippen LogP contribution in [0.4, 0.5) is 11.4 Å². The lowest BCUT2D eigenvalue weighted by atomic mass is 10.1. The maximum atomic E-state index is 11.6. The number of nitrogens with one attached hydrogen (secondary N) is 1. The predicted molar refractivity (Wildman–Crippen MR) is 67.8 cm³/mol. The molecule has 0 heterocycles. The summed E-state index contributed by atoms with van der Waals surface area (Å²) in [5.74, 6) is 0. The van der Waals surface area contributed by atoms with Gasteiger partial charge in [-0.05, 0) is 31.0 Å². The van der Waals surface area contributed by atoms with Gasteiger partial charge in [-0.3, -0.25) is 4.72 Å². The highest BCUT2D eigenvalue weighted by atomic mass is 32.2. The molecule has 0 bridgehead atoms. The van der Waals surface area contributed by atoms with Gasteiger partial charge in [-0.2, -0.15) is 5.26 Å². The van der Waals surface area contributed by atoms with E-state index in [-0.39, 0.29) is 0 Å². The van der Waals surface area contributed by atoms with Crippen LogP contribution < -0.4 is 10.5 Å². The van der Waals surface area contributed by atoms with Crippen molar-refractivity contribution in [1.82, 2.24) is 0 Å². The van der Waals surface area contributed by atoms with E-state index in [4.69, 9.17) is 11.0 Å². The number of nitrogens with zero attached hydrogens (tertiary/aromatic N) is 1. The highest BCUT2D eigenvalue weighted by molar-refractivity contribution is 7.93. The maximum Gasteiger partial charge on any atom is 0.248 e. The second-order valence-corrected chi connectivity index (χ2v) is 5.69. The van der Waals surface area contributed by atoms with Crippen LogP contribution in [0.3, 0.4) is 0 Å². The normalized spacial score (nSPS) is 12.8. The van der Waals surface area contributed by atoms with E-state index in [0.29, 0.717) is 11.4 Å². The van der Waals surface area contributed by atoms with Crippen LogP contribution >= 0.6 is 0 Å². The van der Waals surface area contributed by atoms with Gasteiger partial charge in [-0.15, -0.1) is 0 Å². The van der Waals surface area contributed by atoms with E-state index in [1.807, 2.05) is 6.92 Å². The first kappa shape index (κ1) is 13.3. The maximum absolute atomic E-state index is 11.6. The van der Waals surface area contributed by atoms with Crippen molar-refractivity contribution in [2.75, 3.05) is 10.5 Å². The van der Waals surface area contributed by atoms with Crippen LogP contribution in [0.1, 0.15) is 19.4 Å². The van der Waals surface area contributed by atoms with Gasteiger partial charge in [0.05, 0.1) is 11.8 Å². The molecule has 0 aliphatic heterocycles. The molecule has 0 aliphatic rings. The van der Waals surface area contributed by atoms with Gasteiger partial charge in [-0.25, -0.2) is 8.42 Å². The largest absolute Gasteiger partial charge is 0.398 e. The predicted octanol–water partition coefficient (Wildman–Crippen LogP) is 1.48. The van der Waals surface area contributed by atoms with Gasteiger partial charge >= 0.3 is 0 Å². The lowest BCUT2D eigenvalue weighted by Crippen LogP contribution is -2.23. The van der Waals surface area contributed by atoms with Gasteiger partial charge in [0, 0.05) is 5.69 Å². The first-order chi connectivity index (χ1) is 7.90. The number of hydrogen-bond donors (Lipinski definition) is 2. The minimum atomic E-state index is -3.67. The SMILES string of the molecule is CCc1ccc(NS(=O)(=O)C(C)C#N)cc1N. The van der Waals surface area contributed by atoms with Crippen LogP contribution in [0.2, 0.25) is 0 Å². The van der Waals surface area contributed by atoms with E-state index in [1.165, 1.54) is 6.92 Å². The van der Waals surface area contributed by atoms with Crippen molar-refractivity contribution in [1.29, 1.82) is 5.26 Å². The molecule has 1 unspecified atom stereocenters. The average Bonchev–Trinajstić information content (AvgIpc) is 2.27. The topological polar surface area (TPSA) is 96.0 Å². The Labute approximate surface area is 101 Å². The minimum Gasteiger partial charge on any atom is -0.398 e. The van der Waals surface area contributed by atoms with Gasteiger partial charge in [0.2, 0.25) is 10.0 Å². The molecule has 1 rings (SSSR count). The molecule has 6 heteroatoms. The third kappa shape index (κ3) is 3.11. The van der Waals surface area contributed by atoms with Gasteiger partial charge in [0.1, 0.15) is 0 Å². The molecule has 0 spiro atoms. The Morgan fingerprint density at radius 1 is 1.53 bits per heavy atom. The Bertz CT molecular complexity index is 546. The fraction of sp³-hybridized carbons (Fsp3) is 0.364. The number of aryl methyl sites for hydroxylation is 1. The summed E-state index contributed by atoms with van der Waals surface area (Å²) in [5.41, 5.74) is 7.63. The van der Waals surface area contributed by atoms with Crippen molar-refractivity contribution in [2.45, 2.75) is 25.5 Å². The fourth-order valence-corrected chi connectivity index (χ4v) is 2.07. The van der Waals surface area contributed by atoms with Crippen molar-refractivity contribution in [3.63, 3.8) is 0 Å². The smallest absolute Gasteiger partial charge is 0.248 e. The number of nitriles is 1. The van der Waals surface area contributed by atoms with E-state index in [9.17, 15) is 8.42 Å². The summed E-state index contributed by atoms with van der Waals surface area (Å²) in [6.07, 6.45) is 0.785. The van der Waals surface area contributed by atoms with Crippen molar-refractivity contribution < 1.29 is 8.42 Å². The summed E-state index contributed by atoms with van der Waals surface area (Å²) in [7, 11) is -3.67. The summed E-state index contributed by atoms with van der Waals surface area (Å²) < 4.78 is 25.6. The van der Waals surface area contributed by atoms with Crippen molar-refractivity contribution in [3.05, 3.63) is 23.8 Å². The second-order valence-electron chi connectivity index (χ2n) is 3.69. The third-order valence-electron chi connectivity index (χ3n) is 2.43. The van der Waals surface area contributed by atoms with E-state index in [0.717, 1.165) is 12.0 Å². The molecule has 1 aromatic rings. The number of sulfonamides is 1. The quantitative estimate of drug-likeness (QED) is 0.794. The monoisotopic (exact) mass is 253 g/mol. The van der Waals surface area contributed by atoms with Crippen molar-refractivity contribution in [2.24, 2.45) is 0 Å². The molecular formula is C11H15N3O2S. The zero-order valence-corrected chi connectivity index (χ0v) is 10.6. The molecule has 5 nitrogen and oxygen atoms in total. The van der Waals surface area contributed by atoms with Crippen LogP contribution in [-0.4, -0.2) is 13.7 Å². The number of nitrogens with two attached hydrogens (primary N) is 1. The van der Waals surface area contributed by atoms with E-state index in [2.05, 4.69) is 4.72 Å². The number of hydrogen-bond acceptors (Lipinski definition) is 4. The second kappa shape index (κ2) is 5.06. The van der Waals surface area contributed by atoms with Gasteiger partial charge < -0.3 is 5.73 Å². The van der Waals surface area contributed by atoms with Crippen LogP contribution in [0.15, 0.2) is 18.2 Å². The Hall–Kier alpha value is -1.74. The summed E-state index contributed by atoms with van der Waals surface area (Å²) in [5, 5.41) is 7.49. The van der Waals surface area contributed by atoms with Crippen LogP contribution in [-0.2, 0) is 16.4 Å². The Morgan fingerprint density at radius 3 is 2.65 bits per heavy atom. The molecule has 92 valence electrons. The van der Waals surface area contributed by atoms with Gasteiger partial charge in [-0.1, -0.05) is 13.0 Å². The Balaban J connectivity index is 2.98. The number of nitrogen functional groups attached to an aromatic ring is 1.